The van der Waals surface area contributed by atoms with Gasteiger partial charge in [0, 0.05) is 24.8 Å². The summed E-state index contributed by atoms with van der Waals surface area (Å²) in [7, 11) is -4.11. The third-order valence-corrected chi connectivity index (χ3v) is 9.31. The number of carbonyl (C=O) groups excluding carboxylic acids is 3. The standard InChI is InChI=1S/C34H42N9O7P/c1-23(2)49-33(45)25(4)41-51(47,50-27-12-7-5-8-13-27)48-21-24(3)43-22-36-40-31(43)28-14-11-15-29(37-28)38-34(46)39-30-20-26(16-17-35-30)32(44)42-18-9-6-10-19-42/h5,7-8,11-17,20,22-25H,6,9-10,18-19,21H2,1-4H3,(H,41,47)(H2,35,37,38,39,46)/t24-,25+,51?/m1/s1. The summed E-state index contributed by atoms with van der Waals surface area (Å²) >= 11 is 0. The van der Waals surface area contributed by atoms with Crippen LogP contribution in [0, 0.1) is 0 Å². The zero-order chi connectivity index (χ0) is 36.4. The van der Waals surface area contributed by atoms with Crippen LogP contribution in [0.4, 0.5) is 16.4 Å². The number of amides is 3. The zero-order valence-corrected chi connectivity index (χ0v) is 29.8. The minimum atomic E-state index is -4.11. The number of nitrogens with one attached hydrogen (secondary N) is 3. The fraction of sp³-hybridized carbons (Fsp3) is 0.382. The van der Waals surface area contributed by atoms with Crippen LogP contribution in [0.25, 0.3) is 11.5 Å². The van der Waals surface area contributed by atoms with E-state index in [1.807, 2.05) is 4.90 Å². The molecule has 0 aliphatic carbocycles. The van der Waals surface area contributed by atoms with Gasteiger partial charge >= 0.3 is 19.7 Å². The highest BCUT2D eigenvalue weighted by Gasteiger charge is 2.33. The number of nitrogens with zero attached hydrogens (tertiary/aromatic N) is 6. The van der Waals surface area contributed by atoms with E-state index in [2.05, 4.69) is 35.9 Å². The van der Waals surface area contributed by atoms with Crippen molar-refractivity contribution in [3.05, 3.63) is 78.8 Å². The average molecular weight is 720 g/mol. The molecule has 4 aromatic rings. The molecule has 1 saturated heterocycles. The quantitative estimate of drug-likeness (QED) is 0.107. The highest BCUT2D eigenvalue weighted by molar-refractivity contribution is 7.52. The monoisotopic (exact) mass is 719 g/mol. The Labute approximate surface area is 295 Å². The lowest BCUT2D eigenvalue weighted by Gasteiger charge is -2.26. The molecule has 1 fully saturated rings. The van der Waals surface area contributed by atoms with Gasteiger partial charge in [-0.15, -0.1) is 10.2 Å². The Hall–Kier alpha value is -5.18. The molecule has 0 spiro atoms. The third kappa shape index (κ3) is 10.4. The van der Waals surface area contributed by atoms with Gasteiger partial charge in [-0.3, -0.25) is 24.7 Å². The molecule has 51 heavy (non-hydrogen) atoms. The highest BCUT2D eigenvalue weighted by atomic mass is 31.2. The molecule has 5 rings (SSSR count). The van der Waals surface area contributed by atoms with Gasteiger partial charge in [-0.1, -0.05) is 24.3 Å². The summed E-state index contributed by atoms with van der Waals surface area (Å²) in [5, 5.41) is 16.3. The number of likely N-dealkylation sites (tertiary alicyclic amines) is 1. The minimum Gasteiger partial charge on any atom is -0.462 e. The van der Waals surface area contributed by atoms with Gasteiger partial charge in [-0.05, 0) is 83.4 Å². The van der Waals surface area contributed by atoms with Crippen LogP contribution in [0.1, 0.15) is 63.4 Å². The fourth-order valence-electron chi connectivity index (χ4n) is 5.17. The maximum atomic E-state index is 13.9. The molecule has 0 radical (unpaired) electrons. The van der Waals surface area contributed by atoms with E-state index in [4.69, 9.17) is 13.8 Å². The molecule has 16 nitrogen and oxygen atoms in total. The molecular formula is C34H42N9O7P. The maximum Gasteiger partial charge on any atom is 0.459 e. The Morgan fingerprint density at radius 1 is 0.922 bits per heavy atom. The molecule has 4 heterocycles. The molecule has 1 aliphatic heterocycles. The lowest BCUT2D eigenvalue weighted by atomic mass is 10.1. The summed E-state index contributed by atoms with van der Waals surface area (Å²) in [5.74, 6) is 0.359. The molecule has 3 aromatic heterocycles. The van der Waals surface area contributed by atoms with Gasteiger partial charge < -0.3 is 18.7 Å². The molecule has 3 atom stereocenters. The van der Waals surface area contributed by atoms with Crippen molar-refractivity contribution in [2.45, 2.75) is 65.1 Å². The van der Waals surface area contributed by atoms with Crippen LogP contribution < -0.4 is 20.2 Å². The van der Waals surface area contributed by atoms with E-state index < -0.39 is 31.8 Å². The number of ether oxygens (including phenoxy) is 1. The summed E-state index contributed by atoms with van der Waals surface area (Å²) in [6, 6.07) is 14.5. The van der Waals surface area contributed by atoms with Gasteiger partial charge in [0.05, 0.1) is 18.8 Å². The van der Waals surface area contributed by atoms with Gasteiger partial charge in [0.25, 0.3) is 5.91 Å². The van der Waals surface area contributed by atoms with E-state index >= 15 is 0 Å². The first-order valence-corrected chi connectivity index (χ1v) is 18.2. The van der Waals surface area contributed by atoms with Crippen LogP contribution >= 0.6 is 7.75 Å². The van der Waals surface area contributed by atoms with Crippen LogP contribution in [0.5, 0.6) is 5.75 Å². The largest absolute Gasteiger partial charge is 0.462 e. The SMILES string of the molecule is CC(C)OC(=O)[C@H](C)NP(=O)(OC[C@@H](C)n1cnnc1-c1cccc(NC(=O)Nc2cc(C(=O)N3CCCCC3)ccn2)n1)Oc1ccccc1. The summed E-state index contributed by atoms with van der Waals surface area (Å²) in [4.78, 5) is 48.8. The third-order valence-electron chi connectivity index (χ3n) is 7.67. The van der Waals surface area contributed by atoms with Crippen molar-refractivity contribution in [1.29, 1.82) is 0 Å². The molecule has 1 unspecified atom stereocenters. The van der Waals surface area contributed by atoms with E-state index in [0.717, 1.165) is 19.3 Å². The second kappa shape index (κ2) is 17.2. The second-order valence-corrected chi connectivity index (χ2v) is 13.9. The van der Waals surface area contributed by atoms with Gasteiger partial charge in [0.15, 0.2) is 5.82 Å². The molecule has 0 saturated carbocycles. The van der Waals surface area contributed by atoms with Gasteiger partial charge in [0.1, 0.15) is 35.4 Å². The number of piperidine rings is 1. The predicted molar refractivity (Wildman–Crippen MR) is 189 cm³/mol. The average Bonchev–Trinajstić information content (AvgIpc) is 3.61. The molecule has 3 N–H and O–H groups in total. The lowest BCUT2D eigenvalue weighted by molar-refractivity contribution is -0.149. The van der Waals surface area contributed by atoms with Crippen molar-refractivity contribution in [2.75, 3.05) is 30.3 Å². The number of pyridine rings is 2. The van der Waals surface area contributed by atoms with E-state index in [0.29, 0.717) is 30.2 Å². The van der Waals surface area contributed by atoms with Crippen LogP contribution in [0.2, 0.25) is 0 Å². The number of carbonyl (C=O) groups is 3. The number of anilines is 2. The van der Waals surface area contributed by atoms with Crippen molar-refractivity contribution in [2.24, 2.45) is 0 Å². The molecule has 0 bridgehead atoms. The normalized spacial score (nSPS) is 15.4. The fourth-order valence-corrected chi connectivity index (χ4v) is 6.74. The van der Waals surface area contributed by atoms with Crippen molar-refractivity contribution < 1.29 is 32.7 Å². The number of esters is 1. The van der Waals surface area contributed by atoms with Crippen LogP contribution in [0.15, 0.2) is 73.2 Å². The minimum absolute atomic E-state index is 0.0950. The topological polar surface area (TPSA) is 192 Å². The first-order chi connectivity index (χ1) is 24.5. The molecule has 17 heteroatoms. The van der Waals surface area contributed by atoms with Crippen molar-refractivity contribution in [1.82, 2.24) is 34.7 Å². The van der Waals surface area contributed by atoms with E-state index in [1.165, 1.54) is 19.4 Å². The number of hydrogen-bond donors (Lipinski definition) is 3. The van der Waals surface area contributed by atoms with E-state index in [9.17, 15) is 18.9 Å². The number of urea groups is 1. The number of para-hydroxylation sites is 1. The highest BCUT2D eigenvalue weighted by Crippen LogP contribution is 2.45. The first kappa shape index (κ1) is 37.1. The lowest BCUT2D eigenvalue weighted by Crippen LogP contribution is -2.36. The summed E-state index contributed by atoms with van der Waals surface area (Å²) in [5.41, 5.74) is 0.831. The van der Waals surface area contributed by atoms with Crippen molar-refractivity contribution in [3.8, 4) is 17.3 Å². The summed E-state index contributed by atoms with van der Waals surface area (Å²) in [6.07, 6.45) is 5.64. The molecule has 1 aromatic carbocycles. The Balaban J connectivity index is 1.24. The number of benzene rings is 1. The van der Waals surface area contributed by atoms with Crippen LogP contribution in [0.3, 0.4) is 0 Å². The molecule has 3 amide bonds. The summed E-state index contributed by atoms with van der Waals surface area (Å²) < 4.78 is 32.4. The molecular weight excluding hydrogens is 677 g/mol. The molecule has 270 valence electrons. The van der Waals surface area contributed by atoms with Crippen molar-refractivity contribution >= 4 is 37.3 Å². The molecule has 1 aliphatic rings. The maximum absolute atomic E-state index is 13.9. The second-order valence-electron chi connectivity index (χ2n) is 12.2. The van der Waals surface area contributed by atoms with E-state index in [1.54, 1.807) is 86.0 Å². The summed E-state index contributed by atoms with van der Waals surface area (Å²) in [6.45, 7) is 8.02. The Morgan fingerprint density at radius 2 is 1.67 bits per heavy atom. The van der Waals surface area contributed by atoms with Gasteiger partial charge in [-0.25, -0.2) is 19.3 Å². The Kier molecular flexibility index (Phi) is 12.5. The number of aromatic nitrogens is 5. The Bertz CT molecular complexity index is 1850. The van der Waals surface area contributed by atoms with Gasteiger partial charge in [-0.2, -0.15) is 5.09 Å². The first-order valence-electron chi connectivity index (χ1n) is 16.7. The van der Waals surface area contributed by atoms with E-state index in [-0.39, 0.29) is 36.0 Å². The zero-order valence-electron chi connectivity index (χ0n) is 28.9. The Morgan fingerprint density at radius 3 is 2.41 bits per heavy atom. The van der Waals surface area contributed by atoms with Crippen LogP contribution in [-0.4, -0.2) is 79.4 Å². The van der Waals surface area contributed by atoms with Crippen molar-refractivity contribution in [3.63, 3.8) is 0 Å². The number of hydrogen-bond acceptors (Lipinski definition) is 11. The smallest absolute Gasteiger partial charge is 0.459 e. The predicted octanol–water partition coefficient (Wildman–Crippen LogP) is 5.70. The number of rotatable bonds is 14. The van der Waals surface area contributed by atoms with Crippen LogP contribution in [-0.2, 0) is 18.6 Å². The van der Waals surface area contributed by atoms with Gasteiger partial charge in [0.2, 0.25) is 0 Å².